The number of rotatable bonds is 8. The molecule has 0 bridgehead atoms. The van der Waals surface area contributed by atoms with Crippen LogP contribution in [-0.4, -0.2) is 56.2 Å². The predicted molar refractivity (Wildman–Crippen MR) is 88.8 cm³/mol. The van der Waals surface area contributed by atoms with E-state index in [4.69, 9.17) is 0 Å². The number of hydrogen-bond donors (Lipinski definition) is 1. The number of hydrogen-bond acceptors (Lipinski definition) is 4. The van der Waals surface area contributed by atoms with Crippen molar-refractivity contribution in [1.29, 1.82) is 0 Å². The number of nitrogens with one attached hydrogen (secondary N) is 1. The van der Waals surface area contributed by atoms with Crippen molar-refractivity contribution < 1.29 is 8.42 Å². The minimum absolute atomic E-state index is 0.325. The smallest absolute Gasteiger partial charge is 0.211 e. The summed E-state index contributed by atoms with van der Waals surface area (Å²) in [6.45, 7) is 7.79. The molecule has 0 saturated carbocycles. The summed E-state index contributed by atoms with van der Waals surface area (Å²) in [7, 11) is -3.02. The first-order valence-electron chi connectivity index (χ1n) is 7.58. The van der Waals surface area contributed by atoms with Crippen molar-refractivity contribution in [2.24, 2.45) is 5.92 Å². The predicted octanol–water partition coefficient (Wildman–Crippen LogP) is 2.17. The Labute approximate surface area is 129 Å². The molecule has 0 radical (unpaired) electrons. The maximum Gasteiger partial charge on any atom is 0.211 e. The lowest BCUT2D eigenvalue weighted by Crippen LogP contribution is -2.44. The van der Waals surface area contributed by atoms with Crippen LogP contribution >= 0.6 is 11.8 Å². The van der Waals surface area contributed by atoms with E-state index in [1.807, 2.05) is 11.8 Å². The first kappa shape index (κ1) is 18.3. The number of nitrogens with zero attached hydrogens (tertiary/aromatic N) is 1. The molecule has 20 heavy (non-hydrogen) atoms. The Morgan fingerprint density at radius 2 is 2.00 bits per heavy atom. The highest BCUT2D eigenvalue weighted by molar-refractivity contribution is 8.00. The molecule has 4 nitrogen and oxygen atoms in total. The molecule has 1 atom stereocenters. The van der Waals surface area contributed by atoms with Gasteiger partial charge in [-0.3, -0.25) is 0 Å². The Balaban J connectivity index is 2.42. The van der Waals surface area contributed by atoms with E-state index in [0.29, 0.717) is 23.8 Å². The standard InChI is InChI=1S/C14H30N2O2S2/c1-5-14(6-2,19-3)12-15-10-13-8-7-9-16(11-13)20(4,17)18/h13,15H,5-12H2,1-4H3. The molecule has 120 valence electrons. The average Bonchev–Trinajstić information content (AvgIpc) is 2.44. The maximum absolute atomic E-state index is 11.6. The SMILES string of the molecule is CCC(CC)(CNCC1CCCN(S(C)(=O)=O)C1)SC. The molecule has 0 aromatic rings. The van der Waals surface area contributed by atoms with Crippen molar-refractivity contribution in [2.75, 3.05) is 38.7 Å². The van der Waals surface area contributed by atoms with Gasteiger partial charge in [-0.1, -0.05) is 13.8 Å². The second kappa shape index (κ2) is 8.01. The van der Waals surface area contributed by atoms with Gasteiger partial charge in [-0.2, -0.15) is 11.8 Å². The average molecular weight is 323 g/mol. The van der Waals surface area contributed by atoms with E-state index in [1.165, 1.54) is 6.26 Å². The molecule has 0 spiro atoms. The summed E-state index contributed by atoms with van der Waals surface area (Å²) in [4.78, 5) is 0. The van der Waals surface area contributed by atoms with Crippen LogP contribution in [0.2, 0.25) is 0 Å². The van der Waals surface area contributed by atoms with Crippen molar-refractivity contribution in [1.82, 2.24) is 9.62 Å². The van der Waals surface area contributed by atoms with Gasteiger partial charge in [0.15, 0.2) is 0 Å². The van der Waals surface area contributed by atoms with Crippen LogP contribution in [0, 0.1) is 5.92 Å². The van der Waals surface area contributed by atoms with Gasteiger partial charge >= 0.3 is 0 Å². The van der Waals surface area contributed by atoms with Gasteiger partial charge in [-0.25, -0.2) is 12.7 Å². The summed E-state index contributed by atoms with van der Waals surface area (Å²) in [5.41, 5.74) is 0. The fourth-order valence-corrected chi connectivity index (χ4v) is 4.63. The largest absolute Gasteiger partial charge is 0.315 e. The third-order valence-corrected chi connectivity index (χ3v) is 7.41. The van der Waals surface area contributed by atoms with Gasteiger partial charge in [0, 0.05) is 24.4 Å². The molecule has 0 aromatic heterocycles. The lowest BCUT2D eigenvalue weighted by molar-refractivity contribution is 0.259. The summed E-state index contributed by atoms with van der Waals surface area (Å²) in [5.74, 6) is 0.451. The molecule has 0 amide bonds. The van der Waals surface area contributed by atoms with Gasteiger partial charge in [-0.15, -0.1) is 0 Å². The van der Waals surface area contributed by atoms with E-state index in [2.05, 4.69) is 25.4 Å². The summed E-state index contributed by atoms with van der Waals surface area (Å²) in [6, 6.07) is 0. The first-order chi connectivity index (χ1) is 9.37. The third-order valence-electron chi connectivity index (χ3n) is 4.55. The molecule has 0 aromatic carbocycles. The second-order valence-electron chi connectivity index (χ2n) is 5.85. The topological polar surface area (TPSA) is 49.4 Å². The lowest BCUT2D eigenvalue weighted by Gasteiger charge is -2.33. The van der Waals surface area contributed by atoms with E-state index < -0.39 is 10.0 Å². The summed E-state index contributed by atoms with van der Waals surface area (Å²) >= 11 is 1.94. The highest BCUT2D eigenvalue weighted by atomic mass is 32.2. The summed E-state index contributed by atoms with van der Waals surface area (Å²) < 4.78 is 25.2. The molecule has 6 heteroatoms. The first-order valence-corrected chi connectivity index (χ1v) is 10.6. The fraction of sp³-hybridized carbons (Fsp3) is 1.00. The zero-order chi connectivity index (χ0) is 15.2. The van der Waals surface area contributed by atoms with Crippen LogP contribution in [0.4, 0.5) is 0 Å². The zero-order valence-corrected chi connectivity index (χ0v) is 14.9. The van der Waals surface area contributed by atoms with E-state index >= 15 is 0 Å². The molecule has 1 saturated heterocycles. The number of thioether (sulfide) groups is 1. The van der Waals surface area contributed by atoms with Gasteiger partial charge in [-0.05, 0) is 44.4 Å². The highest BCUT2D eigenvalue weighted by Crippen LogP contribution is 2.29. The van der Waals surface area contributed by atoms with E-state index in [-0.39, 0.29) is 0 Å². The van der Waals surface area contributed by atoms with Crippen LogP contribution < -0.4 is 5.32 Å². The van der Waals surface area contributed by atoms with Gasteiger partial charge in [0.25, 0.3) is 0 Å². The zero-order valence-electron chi connectivity index (χ0n) is 13.3. The van der Waals surface area contributed by atoms with Gasteiger partial charge in [0.2, 0.25) is 10.0 Å². The highest BCUT2D eigenvalue weighted by Gasteiger charge is 2.27. The van der Waals surface area contributed by atoms with Crippen LogP contribution in [-0.2, 0) is 10.0 Å². The van der Waals surface area contributed by atoms with Crippen LogP contribution in [0.3, 0.4) is 0 Å². The number of sulfonamides is 1. The van der Waals surface area contributed by atoms with Crippen molar-refractivity contribution in [3.63, 3.8) is 0 Å². The van der Waals surface area contributed by atoms with E-state index in [9.17, 15) is 8.42 Å². The Morgan fingerprint density at radius 1 is 1.35 bits per heavy atom. The normalized spacial score (nSPS) is 22.1. The van der Waals surface area contributed by atoms with Crippen molar-refractivity contribution in [3.8, 4) is 0 Å². The third kappa shape index (κ3) is 5.20. The van der Waals surface area contributed by atoms with Gasteiger partial charge in [0.1, 0.15) is 0 Å². The fourth-order valence-electron chi connectivity index (χ4n) is 2.86. The Morgan fingerprint density at radius 3 is 2.50 bits per heavy atom. The molecule has 1 aliphatic rings. The Kier molecular flexibility index (Phi) is 7.32. The number of piperidine rings is 1. The molecule has 1 fully saturated rings. The molecule has 1 N–H and O–H groups in total. The monoisotopic (exact) mass is 322 g/mol. The minimum atomic E-state index is -3.02. The molecule has 0 aliphatic carbocycles. The Bertz CT molecular complexity index is 372. The van der Waals surface area contributed by atoms with E-state index in [0.717, 1.165) is 38.8 Å². The van der Waals surface area contributed by atoms with Crippen LogP contribution in [0.15, 0.2) is 0 Å². The Hall–Kier alpha value is 0.220. The van der Waals surface area contributed by atoms with Crippen LogP contribution in [0.25, 0.3) is 0 Å². The quantitative estimate of drug-likeness (QED) is 0.744. The van der Waals surface area contributed by atoms with Crippen molar-refractivity contribution in [2.45, 2.75) is 44.3 Å². The molecular weight excluding hydrogens is 292 g/mol. The van der Waals surface area contributed by atoms with Crippen LogP contribution in [0.5, 0.6) is 0 Å². The second-order valence-corrected chi connectivity index (χ2v) is 9.11. The molecule has 1 aliphatic heterocycles. The summed E-state index contributed by atoms with van der Waals surface area (Å²) in [5, 5.41) is 3.58. The lowest BCUT2D eigenvalue weighted by atomic mass is 9.98. The van der Waals surface area contributed by atoms with E-state index in [1.54, 1.807) is 4.31 Å². The minimum Gasteiger partial charge on any atom is -0.315 e. The molecular formula is C14H30N2O2S2. The van der Waals surface area contributed by atoms with Gasteiger partial charge in [0.05, 0.1) is 6.26 Å². The van der Waals surface area contributed by atoms with Crippen LogP contribution in [0.1, 0.15) is 39.5 Å². The molecule has 1 rings (SSSR count). The van der Waals surface area contributed by atoms with Gasteiger partial charge < -0.3 is 5.32 Å². The van der Waals surface area contributed by atoms with Crippen molar-refractivity contribution >= 4 is 21.8 Å². The van der Waals surface area contributed by atoms with Crippen molar-refractivity contribution in [3.05, 3.63) is 0 Å². The molecule has 1 heterocycles. The molecule has 1 unspecified atom stereocenters. The maximum atomic E-state index is 11.6. The summed E-state index contributed by atoms with van der Waals surface area (Å²) in [6.07, 6.45) is 7.93.